The van der Waals surface area contributed by atoms with Gasteiger partial charge >= 0.3 is 0 Å². The van der Waals surface area contributed by atoms with Crippen molar-refractivity contribution in [3.05, 3.63) is 53.6 Å². The Balaban J connectivity index is 2.25. The first-order chi connectivity index (χ1) is 10.2. The average molecular weight is 287 g/mol. The van der Waals surface area contributed by atoms with Gasteiger partial charge in [0.05, 0.1) is 12.7 Å². The largest absolute Gasteiger partial charge is 0.493 e. The maximum Gasteiger partial charge on any atom is 0.269 e. The van der Waals surface area contributed by atoms with E-state index < -0.39 is 5.91 Å². The number of nitrogen functional groups attached to an aromatic ring is 2. The number of ether oxygens (including phenoxy) is 2. The van der Waals surface area contributed by atoms with E-state index in [9.17, 15) is 4.79 Å². The molecular weight excluding hydrogens is 270 g/mol. The molecule has 0 aliphatic heterocycles. The Bertz CT molecular complexity index is 627. The van der Waals surface area contributed by atoms with Gasteiger partial charge in [-0.05, 0) is 29.8 Å². The van der Waals surface area contributed by atoms with Gasteiger partial charge in [-0.25, -0.2) is 5.84 Å². The first kappa shape index (κ1) is 14.7. The van der Waals surface area contributed by atoms with E-state index in [2.05, 4.69) is 5.43 Å². The SMILES string of the molecule is COc1cccc(C(=O)NN)c1OCc1ccc(N)cc1. The lowest BCUT2D eigenvalue weighted by Crippen LogP contribution is -2.30. The molecule has 0 fully saturated rings. The van der Waals surface area contributed by atoms with Gasteiger partial charge in [0.25, 0.3) is 5.91 Å². The minimum Gasteiger partial charge on any atom is -0.493 e. The summed E-state index contributed by atoms with van der Waals surface area (Å²) < 4.78 is 10.9. The molecule has 110 valence electrons. The number of hydrogen-bond donors (Lipinski definition) is 3. The van der Waals surface area contributed by atoms with E-state index in [1.807, 2.05) is 12.1 Å². The summed E-state index contributed by atoms with van der Waals surface area (Å²) in [6.45, 7) is 0.283. The molecule has 2 rings (SSSR count). The Kier molecular flexibility index (Phi) is 4.63. The highest BCUT2D eigenvalue weighted by Crippen LogP contribution is 2.31. The van der Waals surface area contributed by atoms with E-state index in [0.29, 0.717) is 22.7 Å². The second kappa shape index (κ2) is 6.62. The van der Waals surface area contributed by atoms with E-state index in [4.69, 9.17) is 21.1 Å². The lowest BCUT2D eigenvalue weighted by molar-refractivity contribution is 0.0948. The lowest BCUT2D eigenvalue weighted by atomic mass is 10.1. The zero-order valence-electron chi connectivity index (χ0n) is 11.6. The van der Waals surface area contributed by atoms with Crippen LogP contribution in [-0.4, -0.2) is 13.0 Å². The van der Waals surface area contributed by atoms with Crippen molar-refractivity contribution in [2.24, 2.45) is 5.84 Å². The van der Waals surface area contributed by atoms with Crippen LogP contribution in [0.1, 0.15) is 15.9 Å². The van der Waals surface area contributed by atoms with Crippen LogP contribution in [0.5, 0.6) is 11.5 Å². The van der Waals surface area contributed by atoms with Crippen LogP contribution in [0.2, 0.25) is 0 Å². The molecule has 1 amide bonds. The molecular formula is C15H17N3O3. The summed E-state index contributed by atoms with van der Waals surface area (Å²) in [6, 6.07) is 12.3. The number of benzene rings is 2. The molecule has 0 aliphatic carbocycles. The fourth-order valence-corrected chi connectivity index (χ4v) is 1.85. The Hall–Kier alpha value is -2.73. The molecule has 6 heteroatoms. The Morgan fingerprint density at radius 2 is 1.90 bits per heavy atom. The zero-order valence-corrected chi connectivity index (χ0v) is 11.6. The molecule has 2 aromatic carbocycles. The smallest absolute Gasteiger partial charge is 0.269 e. The molecule has 5 N–H and O–H groups in total. The number of rotatable bonds is 5. The molecule has 0 heterocycles. The van der Waals surface area contributed by atoms with Crippen molar-refractivity contribution in [1.82, 2.24) is 5.43 Å². The standard InChI is InChI=1S/C15H17N3O3/c1-20-13-4-2-3-12(15(19)18-17)14(13)21-9-10-5-7-11(16)8-6-10/h2-8H,9,16-17H2,1H3,(H,18,19). The average Bonchev–Trinajstić information content (AvgIpc) is 2.53. The second-order valence-electron chi connectivity index (χ2n) is 4.34. The van der Waals surface area contributed by atoms with Crippen LogP contribution in [-0.2, 0) is 6.61 Å². The normalized spacial score (nSPS) is 10.0. The molecule has 0 aliphatic rings. The lowest BCUT2D eigenvalue weighted by Gasteiger charge is -2.14. The Morgan fingerprint density at radius 3 is 2.52 bits per heavy atom. The van der Waals surface area contributed by atoms with Crippen molar-refractivity contribution in [2.75, 3.05) is 12.8 Å². The number of carbonyl (C=O) groups excluding carboxylic acids is 1. The van der Waals surface area contributed by atoms with Crippen LogP contribution in [0.25, 0.3) is 0 Å². The third kappa shape index (κ3) is 3.43. The number of nitrogens with two attached hydrogens (primary N) is 2. The number of amides is 1. The first-order valence-corrected chi connectivity index (χ1v) is 6.31. The molecule has 6 nitrogen and oxygen atoms in total. The van der Waals surface area contributed by atoms with Gasteiger partial charge in [0.1, 0.15) is 6.61 Å². The van der Waals surface area contributed by atoms with Crippen molar-refractivity contribution in [3.8, 4) is 11.5 Å². The molecule has 0 aromatic heterocycles. The number of hydrogen-bond acceptors (Lipinski definition) is 5. The van der Waals surface area contributed by atoms with Crippen LogP contribution in [0.3, 0.4) is 0 Å². The Labute approximate surface area is 122 Å². The number of para-hydroxylation sites is 1. The molecule has 21 heavy (non-hydrogen) atoms. The Morgan fingerprint density at radius 1 is 1.19 bits per heavy atom. The van der Waals surface area contributed by atoms with Crippen LogP contribution < -0.4 is 26.5 Å². The summed E-state index contributed by atoms with van der Waals surface area (Å²) in [7, 11) is 1.51. The topological polar surface area (TPSA) is 99.6 Å². The monoisotopic (exact) mass is 287 g/mol. The van der Waals surface area contributed by atoms with Crippen molar-refractivity contribution < 1.29 is 14.3 Å². The highest BCUT2D eigenvalue weighted by atomic mass is 16.5. The van der Waals surface area contributed by atoms with Crippen LogP contribution >= 0.6 is 0 Å². The van der Waals surface area contributed by atoms with Crippen molar-refractivity contribution in [3.63, 3.8) is 0 Å². The van der Waals surface area contributed by atoms with Gasteiger partial charge in [0.15, 0.2) is 11.5 Å². The van der Waals surface area contributed by atoms with Crippen molar-refractivity contribution >= 4 is 11.6 Å². The van der Waals surface area contributed by atoms with Gasteiger partial charge in [0, 0.05) is 5.69 Å². The first-order valence-electron chi connectivity index (χ1n) is 6.31. The fraction of sp³-hybridized carbons (Fsp3) is 0.133. The number of methoxy groups -OCH3 is 1. The molecule has 0 radical (unpaired) electrons. The summed E-state index contributed by atoms with van der Waals surface area (Å²) in [5, 5.41) is 0. The van der Waals surface area contributed by atoms with E-state index in [1.54, 1.807) is 30.3 Å². The minimum atomic E-state index is -0.443. The summed E-state index contributed by atoms with van der Waals surface area (Å²) >= 11 is 0. The fourth-order valence-electron chi connectivity index (χ4n) is 1.85. The molecule has 2 aromatic rings. The van der Waals surface area contributed by atoms with Gasteiger partial charge in [-0.2, -0.15) is 0 Å². The third-order valence-electron chi connectivity index (χ3n) is 2.94. The van der Waals surface area contributed by atoms with Crippen molar-refractivity contribution in [1.29, 1.82) is 0 Å². The van der Waals surface area contributed by atoms with Crippen LogP contribution in [0.4, 0.5) is 5.69 Å². The third-order valence-corrected chi connectivity index (χ3v) is 2.94. The molecule has 0 spiro atoms. The molecule has 0 bridgehead atoms. The van der Waals surface area contributed by atoms with Crippen LogP contribution in [0, 0.1) is 0 Å². The van der Waals surface area contributed by atoms with Gasteiger partial charge in [-0.3, -0.25) is 10.2 Å². The predicted octanol–water partition coefficient (Wildman–Crippen LogP) is 1.46. The van der Waals surface area contributed by atoms with E-state index in [-0.39, 0.29) is 6.61 Å². The summed E-state index contributed by atoms with van der Waals surface area (Å²) in [4.78, 5) is 11.8. The van der Waals surface area contributed by atoms with Crippen molar-refractivity contribution in [2.45, 2.75) is 6.61 Å². The number of anilines is 1. The summed E-state index contributed by atoms with van der Waals surface area (Å²) in [5.74, 6) is 5.55. The minimum absolute atomic E-state index is 0.283. The maximum atomic E-state index is 11.8. The molecule has 0 unspecified atom stereocenters. The summed E-state index contributed by atoms with van der Waals surface area (Å²) in [6.07, 6.45) is 0. The van der Waals surface area contributed by atoms with Gasteiger partial charge in [-0.1, -0.05) is 18.2 Å². The van der Waals surface area contributed by atoms with E-state index in [1.165, 1.54) is 7.11 Å². The second-order valence-corrected chi connectivity index (χ2v) is 4.34. The zero-order chi connectivity index (χ0) is 15.2. The van der Waals surface area contributed by atoms with E-state index >= 15 is 0 Å². The van der Waals surface area contributed by atoms with Gasteiger partial charge in [-0.15, -0.1) is 0 Å². The van der Waals surface area contributed by atoms with Crippen LogP contribution in [0.15, 0.2) is 42.5 Å². The number of nitrogens with one attached hydrogen (secondary N) is 1. The highest BCUT2D eigenvalue weighted by Gasteiger charge is 2.16. The highest BCUT2D eigenvalue weighted by molar-refractivity contribution is 5.97. The quantitative estimate of drug-likeness (QED) is 0.334. The number of hydrazine groups is 1. The molecule has 0 saturated carbocycles. The molecule has 0 atom stereocenters. The van der Waals surface area contributed by atoms with Gasteiger partial charge < -0.3 is 15.2 Å². The maximum absolute atomic E-state index is 11.8. The predicted molar refractivity (Wildman–Crippen MR) is 79.8 cm³/mol. The van der Waals surface area contributed by atoms with Gasteiger partial charge in [0.2, 0.25) is 0 Å². The summed E-state index contributed by atoms with van der Waals surface area (Å²) in [5.41, 5.74) is 9.64. The molecule has 0 saturated heterocycles. The number of carbonyl (C=O) groups is 1. The van der Waals surface area contributed by atoms with E-state index in [0.717, 1.165) is 5.56 Å².